The Morgan fingerprint density at radius 3 is 2.74 bits per heavy atom. The first-order valence-corrected chi connectivity index (χ1v) is 9.70. The molecule has 0 atom stereocenters. The van der Waals surface area contributed by atoms with Crippen molar-refractivity contribution in [3.8, 4) is 12.3 Å². The van der Waals surface area contributed by atoms with Gasteiger partial charge in [-0.2, -0.15) is 15.3 Å². The number of carbonyl (C=O) groups excluding carboxylic acids is 1. The van der Waals surface area contributed by atoms with E-state index in [4.69, 9.17) is 6.42 Å². The number of aromatic amines is 1. The maximum absolute atomic E-state index is 12.4. The van der Waals surface area contributed by atoms with Crippen LogP contribution in [-0.4, -0.2) is 30.2 Å². The first-order valence-electron chi connectivity index (χ1n) is 8.22. The van der Waals surface area contributed by atoms with Gasteiger partial charge < -0.3 is 5.32 Å². The van der Waals surface area contributed by atoms with Gasteiger partial charge in [0.1, 0.15) is 0 Å². The van der Waals surface area contributed by atoms with Gasteiger partial charge in [0.25, 0.3) is 10.0 Å². The summed E-state index contributed by atoms with van der Waals surface area (Å²) in [5.74, 6) is 2.29. The molecule has 0 spiro atoms. The Labute approximate surface area is 156 Å². The molecule has 1 aliphatic heterocycles. The molecular weight excluding hydrogens is 368 g/mol. The SMILES string of the molecule is C#CCCC1(CCC(=O)Nc2cccc(S(=O)(=O)Nc3cn[nH]c3)c2)N=N1. The van der Waals surface area contributed by atoms with E-state index >= 15 is 0 Å². The smallest absolute Gasteiger partial charge is 0.262 e. The van der Waals surface area contributed by atoms with E-state index in [1.54, 1.807) is 12.1 Å². The molecule has 3 rings (SSSR count). The van der Waals surface area contributed by atoms with Gasteiger partial charge in [0.2, 0.25) is 5.91 Å². The van der Waals surface area contributed by atoms with Crippen molar-refractivity contribution in [3.63, 3.8) is 0 Å². The van der Waals surface area contributed by atoms with Crippen LogP contribution in [-0.2, 0) is 14.8 Å². The Bertz CT molecular complexity index is 986. The molecule has 27 heavy (non-hydrogen) atoms. The Kier molecular flexibility index (Phi) is 5.23. The van der Waals surface area contributed by atoms with Crippen LogP contribution in [0.1, 0.15) is 25.7 Å². The summed E-state index contributed by atoms with van der Waals surface area (Å²) < 4.78 is 27.2. The number of nitrogens with zero attached hydrogens (tertiary/aromatic N) is 3. The molecule has 0 fully saturated rings. The third-order valence-electron chi connectivity index (χ3n) is 3.98. The summed E-state index contributed by atoms with van der Waals surface area (Å²) in [5.41, 5.74) is 0.180. The predicted molar refractivity (Wildman–Crippen MR) is 99.4 cm³/mol. The Morgan fingerprint density at radius 2 is 2.07 bits per heavy atom. The van der Waals surface area contributed by atoms with E-state index in [0.29, 0.717) is 30.6 Å². The Morgan fingerprint density at radius 1 is 1.26 bits per heavy atom. The second-order valence-electron chi connectivity index (χ2n) is 6.06. The molecule has 3 N–H and O–H groups in total. The maximum atomic E-state index is 12.4. The highest BCUT2D eigenvalue weighted by Gasteiger charge is 2.39. The van der Waals surface area contributed by atoms with Crippen LogP contribution < -0.4 is 10.0 Å². The van der Waals surface area contributed by atoms with Crippen molar-refractivity contribution >= 4 is 27.3 Å². The second-order valence-corrected chi connectivity index (χ2v) is 7.74. The summed E-state index contributed by atoms with van der Waals surface area (Å²) in [6.45, 7) is 0. The molecule has 10 heteroatoms. The summed E-state index contributed by atoms with van der Waals surface area (Å²) in [6.07, 6.45) is 9.89. The number of hydrogen-bond donors (Lipinski definition) is 3. The van der Waals surface area contributed by atoms with Gasteiger partial charge in [0.05, 0.1) is 16.8 Å². The van der Waals surface area contributed by atoms with Crippen LogP contribution in [0.15, 0.2) is 51.8 Å². The minimum Gasteiger partial charge on any atom is -0.326 e. The number of rotatable bonds is 9. The number of aromatic nitrogens is 2. The lowest BCUT2D eigenvalue weighted by Gasteiger charge is -2.11. The summed E-state index contributed by atoms with van der Waals surface area (Å²) in [7, 11) is -3.79. The molecule has 140 valence electrons. The van der Waals surface area contributed by atoms with E-state index < -0.39 is 15.7 Å². The van der Waals surface area contributed by atoms with E-state index in [2.05, 4.69) is 36.4 Å². The summed E-state index contributed by atoms with van der Waals surface area (Å²) in [6, 6.07) is 6.00. The molecule has 9 nitrogen and oxygen atoms in total. The lowest BCUT2D eigenvalue weighted by molar-refractivity contribution is -0.116. The van der Waals surface area contributed by atoms with E-state index in [1.165, 1.54) is 24.5 Å². The molecule has 0 radical (unpaired) electrons. The normalized spacial score (nSPS) is 14.3. The minimum absolute atomic E-state index is 0.0270. The summed E-state index contributed by atoms with van der Waals surface area (Å²) >= 11 is 0. The molecule has 2 heterocycles. The molecule has 0 unspecified atom stereocenters. The molecule has 0 saturated heterocycles. The van der Waals surface area contributed by atoms with Gasteiger partial charge in [0, 0.05) is 37.6 Å². The standard InChI is InChI=1S/C17H18N6O3S/c1-2-3-8-17(22-23-17)9-7-16(24)20-13-5-4-6-15(10-13)27(25,26)21-14-11-18-19-12-14/h1,4-6,10-12,21H,3,7-9H2,(H,18,19)(H,20,24). The first-order chi connectivity index (χ1) is 12.9. The Balaban J connectivity index is 1.59. The number of hydrogen-bond acceptors (Lipinski definition) is 6. The van der Waals surface area contributed by atoms with Gasteiger partial charge >= 0.3 is 0 Å². The van der Waals surface area contributed by atoms with Crippen LogP contribution >= 0.6 is 0 Å². The van der Waals surface area contributed by atoms with Gasteiger partial charge in [0.15, 0.2) is 5.66 Å². The van der Waals surface area contributed by atoms with Crippen LogP contribution in [0.2, 0.25) is 0 Å². The predicted octanol–water partition coefficient (Wildman–Crippen LogP) is 2.50. The second kappa shape index (κ2) is 7.59. The molecule has 0 bridgehead atoms. The van der Waals surface area contributed by atoms with Crippen molar-refractivity contribution in [3.05, 3.63) is 36.7 Å². The average Bonchev–Trinajstić information content (AvgIpc) is 3.24. The fraction of sp³-hybridized carbons (Fsp3) is 0.294. The highest BCUT2D eigenvalue weighted by atomic mass is 32.2. The third kappa shape index (κ3) is 4.92. The lowest BCUT2D eigenvalue weighted by atomic mass is 10.0. The quantitative estimate of drug-likeness (QED) is 0.572. The van der Waals surface area contributed by atoms with Gasteiger partial charge in [-0.1, -0.05) is 6.07 Å². The molecule has 0 saturated carbocycles. The zero-order chi connectivity index (χ0) is 19.3. The van der Waals surface area contributed by atoms with Crippen molar-refractivity contribution in [1.29, 1.82) is 0 Å². The fourth-order valence-corrected chi connectivity index (χ4v) is 3.55. The van der Waals surface area contributed by atoms with Crippen molar-refractivity contribution in [2.45, 2.75) is 36.2 Å². The van der Waals surface area contributed by atoms with E-state index in [1.807, 2.05) is 0 Å². The topological polar surface area (TPSA) is 129 Å². The van der Waals surface area contributed by atoms with Crippen LogP contribution in [0, 0.1) is 12.3 Å². The van der Waals surface area contributed by atoms with E-state index in [0.717, 1.165) is 0 Å². The number of benzene rings is 1. The van der Waals surface area contributed by atoms with Crippen molar-refractivity contribution in [2.24, 2.45) is 10.2 Å². The number of amides is 1. The number of carbonyl (C=O) groups is 1. The van der Waals surface area contributed by atoms with Crippen LogP contribution in [0.25, 0.3) is 0 Å². The van der Waals surface area contributed by atoms with Gasteiger partial charge in [-0.3, -0.25) is 14.6 Å². The van der Waals surface area contributed by atoms with Crippen molar-refractivity contribution < 1.29 is 13.2 Å². The summed E-state index contributed by atoms with van der Waals surface area (Å²) in [4.78, 5) is 12.2. The van der Waals surface area contributed by atoms with Gasteiger partial charge in [-0.15, -0.1) is 12.3 Å². The number of anilines is 2. The fourth-order valence-electron chi connectivity index (χ4n) is 2.47. The molecular formula is C17H18N6O3S. The molecule has 1 aliphatic rings. The molecule has 1 aromatic carbocycles. The first kappa shape index (κ1) is 18.6. The van der Waals surface area contributed by atoms with Crippen LogP contribution in [0.3, 0.4) is 0 Å². The third-order valence-corrected chi connectivity index (χ3v) is 5.36. The van der Waals surface area contributed by atoms with E-state index in [9.17, 15) is 13.2 Å². The summed E-state index contributed by atoms with van der Waals surface area (Å²) in [5, 5.41) is 16.9. The van der Waals surface area contributed by atoms with Crippen molar-refractivity contribution in [1.82, 2.24) is 10.2 Å². The molecule has 1 amide bonds. The van der Waals surface area contributed by atoms with Crippen LogP contribution in [0.4, 0.5) is 11.4 Å². The van der Waals surface area contributed by atoms with Crippen LogP contribution in [0.5, 0.6) is 0 Å². The largest absolute Gasteiger partial charge is 0.326 e. The number of nitrogens with one attached hydrogen (secondary N) is 3. The highest BCUT2D eigenvalue weighted by molar-refractivity contribution is 7.92. The zero-order valence-corrected chi connectivity index (χ0v) is 15.2. The monoisotopic (exact) mass is 386 g/mol. The van der Waals surface area contributed by atoms with Gasteiger partial charge in [-0.25, -0.2) is 8.42 Å². The molecule has 1 aromatic heterocycles. The Hall–Kier alpha value is -3.19. The van der Waals surface area contributed by atoms with Crippen molar-refractivity contribution in [2.75, 3.05) is 10.0 Å². The highest BCUT2D eigenvalue weighted by Crippen LogP contribution is 2.37. The number of terminal acetylenes is 1. The molecule has 2 aromatic rings. The van der Waals surface area contributed by atoms with Gasteiger partial charge in [-0.05, 0) is 18.2 Å². The molecule has 0 aliphatic carbocycles. The minimum atomic E-state index is -3.79. The maximum Gasteiger partial charge on any atom is 0.262 e. The zero-order valence-electron chi connectivity index (χ0n) is 14.3. The lowest BCUT2D eigenvalue weighted by Crippen LogP contribution is -2.18. The van der Waals surface area contributed by atoms with E-state index in [-0.39, 0.29) is 17.2 Å². The number of H-pyrrole nitrogens is 1. The number of sulfonamides is 1. The average molecular weight is 386 g/mol.